The molecule has 1 aliphatic rings. The van der Waals surface area contributed by atoms with E-state index in [0.29, 0.717) is 18.7 Å². The Labute approximate surface area is 126 Å². The molecule has 0 spiro atoms. The number of amides is 1. The van der Waals surface area contributed by atoms with E-state index in [4.69, 9.17) is 4.42 Å². The molecule has 0 N–H and O–H groups in total. The number of nitrogens with zero attached hydrogens (tertiary/aromatic N) is 1. The molecular weight excluding hydrogens is 286 g/mol. The molecule has 0 saturated carbocycles. The highest BCUT2D eigenvalue weighted by atomic mass is 32.2. The van der Waals surface area contributed by atoms with Crippen molar-refractivity contribution in [2.45, 2.75) is 30.8 Å². The molecule has 1 aliphatic heterocycles. The molecule has 1 fully saturated rings. The van der Waals surface area contributed by atoms with Gasteiger partial charge < -0.3 is 9.32 Å². The molecule has 3 rings (SSSR count). The van der Waals surface area contributed by atoms with Gasteiger partial charge in [0.15, 0.2) is 0 Å². The van der Waals surface area contributed by atoms with Crippen molar-refractivity contribution in [3.05, 3.63) is 36.1 Å². The van der Waals surface area contributed by atoms with Crippen LogP contribution in [0.1, 0.15) is 30.6 Å². The first kappa shape index (κ1) is 14.3. The highest BCUT2D eigenvalue weighted by molar-refractivity contribution is 7.86. The molecule has 1 saturated heterocycles. The van der Waals surface area contributed by atoms with E-state index in [1.807, 2.05) is 43.0 Å². The van der Waals surface area contributed by atoms with Crippen molar-refractivity contribution in [2.24, 2.45) is 0 Å². The topological polar surface area (TPSA) is 50.5 Å². The number of carbonyl (C=O) groups is 1. The Morgan fingerprint density at radius 2 is 2.14 bits per heavy atom. The van der Waals surface area contributed by atoms with Crippen LogP contribution in [-0.2, 0) is 10.8 Å². The van der Waals surface area contributed by atoms with E-state index in [9.17, 15) is 9.00 Å². The number of carbonyl (C=O) groups excluding carboxylic acids is 1. The maximum absolute atomic E-state index is 12.8. The quantitative estimate of drug-likeness (QED) is 0.857. The zero-order valence-corrected chi connectivity index (χ0v) is 13.1. The second kappa shape index (κ2) is 5.64. The lowest BCUT2D eigenvalue weighted by Gasteiger charge is -2.35. The summed E-state index contributed by atoms with van der Waals surface area (Å²) in [7, 11) is -0.851. The minimum absolute atomic E-state index is 0.0193. The van der Waals surface area contributed by atoms with Gasteiger partial charge in [0.1, 0.15) is 11.8 Å². The van der Waals surface area contributed by atoms with Crippen LogP contribution >= 0.6 is 0 Å². The lowest BCUT2D eigenvalue weighted by atomic mass is 10.1. The number of para-hydroxylation sites is 1. The van der Waals surface area contributed by atoms with Gasteiger partial charge in [0.25, 0.3) is 5.91 Å². The van der Waals surface area contributed by atoms with Crippen LogP contribution in [0.15, 0.2) is 34.9 Å². The van der Waals surface area contributed by atoms with E-state index in [1.165, 1.54) is 6.26 Å². The maximum Gasteiger partial charge on any atom is 0.257 e. The van der Waals surface area contributed by atoms with Crippen molar-refractivity contribution in [1.29, 1.82) is 0 Å². The summed E-state index contributed by atoms with van der Waals surface area (Å²) < 4.78 is 17.6. The van der Waals surface area contributed by atoms with Crippen LogP contribution < -0.4 is 0 Å². The molecule has 5 heteroatoms. The van der Waals surface area contributed by atoms with Gasteiger partial charge in [-0.05, 0) is 19.4 Å². The Hall–Kier alpha value is -1.62. The van der Waals surface area contributed by atoms with E-state index in [-0.39, 0.29) is 16.4 Å². The van der Waals surface area contributed by atoms with Gasteiger partial charge in [0.2, 0.25) is 0 Å². The van der Waals surface area contributed by atoms with Crippen molar-refractivity contribution in [3.63, 3.8) is 0 Å². The number of fused-ring (bicyclic) bond motifs is 1. The Kier molecular flexibility index (Phi) is 3.85. The van der Waals surface area contributed by atoms with Gasteiger partial charge in [-0.1, -0.05) is 25.1 Å². The third-order valence-corrected chi connectivity index (χ3v) is 6.16. The number of hydrogen-bond donors (Lipinski definition) is 0. The molecule has 1 aromatic carbocycles. The predicted molar refractivity (Wildman–Crippen MR) is 83.8 cm³/mol. The molecule has 4 nitrogen and oxygen atoms in total. The lowest BCUT2D eigenvalue weighted by molar-refractivity contribution is 0.0750. The minimum atomic E-state index is -0.851. The molecule has 112 valence electrons. The van der Waals surface area contributed by atoms with Gasteiger partial charge in [-0.25, -0.2) is 0 Å². The van der Waals surface area contributed by atoms with Gasteiger partial charge in [-0.15, -0.1) is 0 Å². The van der Waals surface area contributed by atoms with E-state index >= 15 is 0 Å². The summed E-state index contributed by atoms with van der Waals surface area (Å²) in [6, 6.07) is 7.54. The Bertz CT molecular complexity index is 694. The van der Waals surface area contributed by atoms with Crippen molar-refractivity contribution in [2.75, 3.05) is 13.1 Å². The van der Waals surface area contributed by atoms with E-state index in [1.54, 1.807) is 0 Å². The van der Waals surface area contributed by atoms with Gasteiger partial charge in [0, 0.05) is 34.5 Å². The number of hydrogen-bond acceptors (Lipinski definition) is 3. The average molecular weight is 305 g/mol. The summed E-state index contributed by atoms with van der Waals surface area (Å²) in [6.07, 6.45) is 2.36. The molecule has 3 atom stereocenters. The first-order valence-corrected chi connectivity index (χ1v) is 8.54. The number of benzene rings is 1. The highest BCUT2D eigenvalue weighted by Crippen LogP contribution is 2.25. The summed E-state index contributed by atoms with van der Waals surface area (Å²) in [6.45, 7) is 5.08. The molecule has 2 heterocycles. The van der Waals surface area contributed by atoms with Gasteiger partial charge in [0.05, 0.1) is 10.8 Å². The summed E-state index contributed by atoms with van der Waals surface area (Å²) in [5.74, 6) is -0.0260. The van der Waals surface area contributed by atoms with Crippen LogP contribution in [0.5, 0.6) is 0 Å². The van der Waals surface area contributed by atoms with Crippen LogP contribution in [0.3, 0.4) is 0 Å². The molecule has 0 bridgehead atoms. The fraction of sp³-hybridized carbons (Fsp3) is 0.438. The monoisotopic (exact) mass is 305 g/mol. The Morgan fingerprint density at radius 3 is 2.90 bits per heavy atom. The third-order valence-electron chi connectivity index (χ3n) is 4.08. The summed E-state index contributed by atoms with van der Waals surface area (Å²) >= 11 is 0. The zero-order valence-electron chi connectivity index (χ0n) is 12.2. The largest absolute Gasteiger partial charge is 0.463 e. The standard InChI is InChI=1S/C16H19NO3S/c1-3-12-9-17(8-11(2)21(12)19)16(18)14-10-20-15-7-5-4-6-13(14)15/h4-7,10-12H,3,8-9H2,1-2H3. The van der Waals surface area contributed by atoms with Crippen LogP contribution in [0.2, 0.25) is 0 Å². The average Bonchev–Trinajstić information content (AvgIpc) is 2.93. The maximum atomic E-state index is 12.8. The highest BCUT2D eigenvalue weighted by Gasteiger charge is 2.33. The molecular formula is C16H19NO3S. The van der Waals surface area contributed by atoms with Gasteiger partial charge in [-0.3, -0.25) is 9.00 Å². The second-order valence-corrected chi connectivity index (χ2v) is 7.65. The number of furan rings is 1. The Balaban J connectivity index is 1.90. The molecule has 21 heavy (non-hydrogen) atoms. The van der Waals surface area contributed by atoms with Gasteiger partial charge >= 0.3 is 0 Å². The first-order valence-electron chi connectivity index (χ1n) is 7.26. The lowest BCUT2D eigenvalue weighted by Crippen LogP contribution is -2.50. The van der Waals surface area contributed by atoms with Crippen molar-refractivity contribution in [3.8, 4) is 0 Å². The molecule has 3 unspecified atom stereocenters. The molecule has 1 amide bonds. The van der Waals surface area contributed by atoms with Crippen LogP contribution in [0, 0.1) is 0 Å². The zero-order chi connectivity index (χ0) is 15.0. The molecule has 2 aromatic rings. The first-order chi connectivity index (χ1) is 10.1. The van der Waals surface area contributed by atoms with Crippen molar-refractivity contribution in [1.82, 2.24) is 4.90 Å². The molecule has 1 aromatic heterocycles. The van der Waals surface area contributed by atoms with Crippen LogP contribution in [-0.4, -0.2) is 38.6 Å². The second-order valence-electron chi connectivity index (χ2n) is 5.53. The van der Waals surface area contributed by atoms with Crippen LogP contribution in [0.25, 0.3) is 11.0 Å². The van der Waals surface area contributed by atoms with E-state index < -0.39 is 10.8 Å². The third kappa shape index (κ3) is 2.50. The molecule has 0 aliphatic carbocycles. The normalized spacial score (nSPS) is 26.2. The molecule has 0 radical (unpaired) electrons. The van der Waals surface area contributed by atoms with E-state index in [0.717, 1.165) is 17.4 Å². The summed E-state index contributed by atoms with van der Waals surface area (Å²) in [5, 5.41) is 0.927. The van der Waals surface area contributed by atoms with E-state index in [2.05, 4.69) is 0 Å². The minimum Gasteiger partial charge on any atom is -0.463 e. The smallest absolute Gasteiger partial charge is 0.257 e. The summed E-state index contributed by atoms with van der Waals surface area (Å²) in [5.41, 5.74) is 1.32. The predicted octanol–water partition coefficient (Wildman–Crippen LogP) is 2.80. The fourth-order valence-electron chi connectivity index (χ4n) is 2.88. The summed E-state index contributed by atoms with van der Waals surface area (Å²) in [4.78, 5) is 14.6. The SMILES string of the molecule is CCC1CN(C(=O)c2coc3ccccc23)CC(C)S1=O. The van der Waals surface area contributed by atoms with Gasteiger partial charge in [-0.2, -0.15) is 0 Å². The fourth-order valence-corrected chi connectivity index (χ4v) is 4.52. The van der Waals surface area contributed by atoms with Crippen LogP contribution in [0.4, 0.5) is 0 Å². The van der Waals surface area contributed by atoms with Crippen molar-refractivity contribution >= 4 is 27.7 Å². The van der Waals surface area contributed by atoms with Crippen molar-refractivity contribution < 1.29 is 13.4 Å². The number of rotatable bonds is 2. The Morgan fingerprint density at radius 1 is 1.38 bits per heavy atom.